The maximum Gasteiger partial charge on any atom is 0.305 e. The van der Waals surface area contributed by atoms with Crippen LogP contribution in [0.2, 0.25) is 0 Å². The van der Waals surface area contributed by atoms with Gasteiger partial charge in [-0.25, -0.2) is 4.98 Å². The number of hydrogen-bond donors (Lipinski definition) is 3. The number of aromatic nitrogens is 2. The number of carboxylic acid groups (broad SMARTS) is 1. The van der Waals surface area contributed by atoms with E-state index in [0.717, 1.165) is 43.7 Å². The van der Waals surface area contributed by atoms with Gasteiger partial charge in [0.15, 0.2) is 0 Å². The van der Waals surface area contributed by atoms with Crippen molar-refractivity contribution >= 4 is 37.1 Å². The number of pyridine rings is 2. The van der Waals surface area contributed by atoms with Gasteiger partial charge in [0.1, 0.15) is 12.2 Å². The van der Waals surface area contributed by atoms with E-state index in [0.29, 0.717) is 19.0 Å². The van der Waals surface area contributed by atoms with E-state index in [1.165, 1.54) is 5.56 Å². The van der Waals surface area contributed by atoms with Crippen LogP contribution in [0.1, 0.15) is 63.1 Å². The minimum atomic E-state index is -0.977. The van der Waals surface area contributed by atoms with E-state index in [4.69, 9.17) is 10.1 Å². The number of anilines is 1. The molecule has 10 heteroatoms. The Hall–Kier alpha value is -3.14. The van der Waals surface area contributed by atoms with Crippen LogP contribution in [0.3, 0.4) is 0 Å². The summed E-state index contributed by atoms with van der Waals surface area (Å²) in [6.45, 7) is 6.22. The number of amides is 2. The minimum Gasteiger partial charge on any atom is -0.481 e. The van der Waals surface area contributed by atoms with E-state index >= 15 is 0 Å². The second-order valence-electron chi connectivity index (χ2n) is 8.12. The van der Waals surface area contributed by atoms with Crippen LogP contribution in [0.25, 0.3) is 0 Å². The number of carbonyl (C=O) groups is 3. The summed E-state index contributed by atoms with van der Waals surface area (Å²) < 4.78 is 0. The molecule has 0 saturated carbocycles. The van der Waals surface area contributed by atoms with Crippen LogP contribution in [0, 0.1) is 0 Å². The zero-order chi connectivity index (χ0) is 25.5. The lowest BCUT2D eigenvalue weighted by Crippen LogP contribution is -2.40. The molecule has 0 unspecified atom stereocenters. The molecule has 0 radical (unpaired) electrons. The molecule has 198 valence electrons. The molecule has 2 aliphatic heterocycles. The Morgan fingerprint density at radius 1 is 1.11 bits per heavy atom. The van der Waals surface area contributed by atoms with Crippen LogP contribution < -0.4 is 10.6 Å². The number of carboxylic acids is 1. The predicted molar refractivity (Wildman–Crippen MR) is 145 cm³/mol. The summed E-state index contributed by atoms with van der Waals surface area (Å²) >= 11 is 0. The van der Waals surface area contributed by atoms with Gasteiger partial charge in [0, 0.05) is 50.2 Å². The van der Waals surface area contributed by atoms with Crippen molar-refractivity contribution in [2.75, 3.05) is 31.5 Å². The van der Waals surface area contributed by atoms with Gasteiger partial charge in [-0.2, -0.15) is 13.5 Å². The summed E-state index contributed by atoms with van der Waals surface area (Å²) in [5, 5.41) is 14.4. The molecule has 2 aromatic heterocycles. The van der Waals surface area contributed by atoms with E-state index in [-0.39, 0.29) is 38.8 Å². The quantitative estimate of drug-likeness (QED) is 0.502. The molecular weight excluding hydrogens is 478 g/mol. The fourth-order valence-electron chi connectivity index (χ4n) is 3.93. The lowest BCUT2D eigenvalue weighted by Gasteiger charge is -2.32. The Morgan fingerprint density at radius 3 is 2.39 bits per heavy atom. The predicted octanol–water partition coefficient (Wildman–Crippen LogP) is 3.35. The number of carbonyl (C=O) groups excluding carboxylic acids is 2. The maximum absolute atomic E-state index is 12.3. The first-order valence-corrected chi connectivity index (χ1v) is 12.4. The molecule has 2 aliphatic rings. The molecule has 0 aromatic carbocycles. The first-order valence-electron chi connectivity index (χ1n) is 12.4. The molecule has 2 aromatic rings. The smallest absolute Gasteiger partial charge is 0.305 e. The normalized spacial score (nSPS) is 14.2. The van der Waals surface area contributed by atoms with Gasteiger partial charge in [0.2, 0.25) is 11.8 Å². The van der Waals surface area contributed by atoms with Crippen molar-refractivity contribution in [3.63, 3.8) is 0 Å². The number of likely N-dealkylation sites (tertiary alicyclic amines) is 1. The van der Waals surface area contributed by atoms with E-state index in [2.05, 4.69) is 27.8 Å². The number of rotatable bonds is 6. The fraction of sp³-hybridized carbons (Fsp3) is 0.500. The van der Waals surface area contributed by atoms with Gasteiger partial charge in [0.25, 0.3) is 0 Å². The van der Waals surface area contributed by atoms with Crippen molar-refractivity contribution in [1.29, 1.82) is 0 Å². The van der Waals surface area contributed by atoms with Gasteiger partial charge < -0.3 is 20.6 Å². The van der Waals surface area contributed by atoms with Gasteiger partial charge in [-0.3, -0.25) is 19.4 Å². The molecule has 4 heterocycles. The van der Waals surface area contributed by atoms with Gasteiger partial charge >= 0.3 is 5.97 Å². The SMILES string of the molecule is CC.O=C(O)CCNC(=O)CC(=O)N1CCC(c2ccc3c(n2)NCCC3)CC1.S.c1ccncc1. The Kier molecular flexibility index (Phi) is 14.9. The van der Waals surface area contributed by atoms with Crippen molar-refractivity contribution in [3.8, 4) is 0 Å². The third-order valence-electron chi connectivity index (χ3n) is 5.72. The minimum absolute atomic E-state index is 0. The van der Waals surface area contributed by atoms with E-state index < -0.39 is 11.9 Å². The average molecular weight is 518 g/mol. The monoisotopic (exact) mass is 517 g/mol. The first kappa shape index (κ1) is 30.9. The molecule has 2 amide bonds. The Labute approximate surface area is 220 Å². The largest absolute Gasteiger partial charge is 0.481 e. The van der Waals surface area contributed by atoms with Crippen LogP contribution in [0.4, 0.5) is 5.82 Å². The molecule has 3 N–H and O–H groups in total. The van der Waals surface area contributed by atoms with E-state index in [1.807, 2.05) is 32.0 Å². The van der Waals surface area contributed by atoms with Gasteiger partial charge in [-0.15, -0.1) is 0 Å². The maximum atomic E-state index is 12.3. The molecular formula is C26H39N5O4S. The van der Waals surface area contributed by atoms with Gasteiger partial charge in [-0.1, -0.05) is 26.0 Å². The lowest BCUT2D eigenvalue weighted by atomic mass is 9.92. The topological polar surface area (TPSA) is 125 Å². The lowest BCUT2D eigenvalue weighted by molar-refractivity contribution is -0.137. The molecule has 0 atom stereocenters. The highest BCUT2D eigenvalue weighted by Gasteiger charge is 2.26. The molecule has 1 saturated heterocycles. The number of nitrogens with one attached hydrogen (secondary N) is 2. The number of piperidine rings is 1. The van der Waals surface area contributed by atoms with Gasteiger partial charge in [0.05, 0.1) is 6.42 Å². The Morgan fingerprint density at radius 2 is 1.81 bits per heavy atom. The highest BCUT2D eigenvalue weighted by Crippen LogP contribution is 2.30. The van der Waals surface area contributed by atoms with Gasteiger partial charge in [-0.05, 0) is 49.4 Å². The second-order valence-corrected chi connectivity index (χ2v) is 8.12. The number of aryl methyl sites for hydroxylation is 1. The molecule has 1 fully saturated rings. The molecule has 36 heavy (non-hydrogen) atoms. The molecule has 0 aliphatic carbocycles. The first-order chi connectivity index (χ1) is 17.0. The van der Waals surface area contributed by atoms with Crippen molar-refractivity contribution < 1.29 is 19.5 Å². The number of nitrogens with zero attached hydrogens (tertiary/aromatic N) is 3. The van der Waals surface area contributed by atoms with Crippen LogP contribution in [-0.4, -0.2) is 63.9 Å². The third-order valence-corrected chi connectivity index (χ3v) is 5.72. The molecule has 0 bridgehead atoms. The average Bonchev–Trinajstić information content (AvgIpc) is 2.91. The highest BCUT2D eigenvalue weighted by atomic mass is 32.1. The summed E-state index contributed by atoms with van der Waals surface area (Å²) in [5.41, 5.74) is 2.34. The molecule has 0 spiro atoms. The second kappa shape index (κ2) is 17.3. The number of hydrogen-bond acceptors (Lipinski definition) is 6. The Balaban J connectivity index is 0.000000621. The fourth-order valence-corrected chi connectivity index (χ4v) is 3.93. The van der Waals surface area contributed by atoms with Crippen LogP contribution >= 0.6 is 13.5 Å². The van der Waals surface area contributed by atoms with E-state index in [9.17, 15) is 14.4 Å². The number of aliphatic carboxylic acids is 1. The van der Waals surface area contributed by atoms with E-state index in [1.54, 1.807) is 17.3 Å². The third kappa shape index (κ3) is 10.6. The molecule has 9 nitrogen and oxygen atoms in total. The summed E-state index contributed by atoms with van der Waals surface area (Å²) in [7, 11) is 0. The summed E-state index contributed by atoms with van der Waals surface area (Å²) in [6, 6.07) is 9.97. The van der Waals surface area contributed by atoms with Crippen LogP contribution in [-0.2, 0) is 20.8 Å². The van der Waals surface area contributed by atoms with Crippen LogP contribution in [0.5, 0.6) is 0 Å². The highest BCUT2D eigenvalue weighted by molar-refractivity contribution is 7.59. The zero-order valence-corrected chi connectivity index (χ0v) is 22.2. The van der Waals surface area contributed by atoms with Crippen molar-refractivity contribution in [3.05, 3.63) is 54.0 Å². The Bertz CT molecular complexity index is 910. The number of fused-ring (bicyclic) bond motifs is 1. The summed E-state index contributed by atoms with van der Waals surface area (Å²) in [4.78, 5) is 44.7. The summed E-state index contributed by atoms with van der Waals surface area (Å²) in [5.74, 6) is -0.287. The van der Waals surface area contributed by atoms with Crippen molar-refractivity contribution in [1.82, 2.24) is 20.2 Å². The molecule has 4 rings (SSSR count). The van der Waals surface area contributed by atoms with Crippen molar-refractivity contribution in [2.45, 2.75) is 58.3 Å². The zero-order valence-electron chi connectivity index (χ0n) is 21.2. The van der Waals surface area contributed by atoms with Crippen molar-refractivity contribution in [2.24, 2.45) is 0 Å². The summed E-state index contributed by atoms with van der Waals surface area (Å²) in [6.07, 6.45) is 6.99. The standard InChI is InChI=1S/C19H26N4O4.C5H5N.C2H6.H2S/c24-16(20-9-5-18(26)27)12-17(25)23-10-6-13(7-11-23)15-4-3-14-2-1-8-21-19(14)22-15;1-2-4-6-5-3-1;1-2;/h3-4,13H,1-2,5-12H2,(H,20,24)(H,21,22)(H,26,27);1-5H;1-2H3;1H2. The van der Waals surface area contributed by atoms with Crippen LogP contribution in [0.15, 0.2) is 42.7 Å².